The number of carboxylic acid groups (broad SMARTS) is 1. The molecule has 0 saturated heterocycles. The number of carbonyl (C=O) groups is 3. The second-order valence-corrected chi connectivity index (χ2v) is 7.84. The van der Waals surface area contributed by atoms with Gasteiger partial charge in [-0.25, -0.2) is 19.0 Å². The van der Waals surface area contributed by atoms with Crippen LogP contribution in [0, 0.1) is 5.82 Å². The summed E-state index contributed by atoms with van der Waals surface area (Å²) in [6.45, 7) is 5.10. The molecular weight excluding hydrogens is 389 g/mol. The maximum atomic E-state index is 14.4. The molecule has 1 aromatic heterocycles. The summed E-state index contributed by atoms with van der Waals surface area (Å²) in [7, 11) is 1.66. The molecule has 0 aliphatic carbocycles. The molecule has 150 valence electrons. The van der Waals surface area contributed by atoms with Crippen LogP contribution in [0.1, 0.15) is 31.3 Å². The molecule has 0 radical (unpaired) electrons. The van der Waals surface area contributed by atoms with Crippen molar-refractivity contribution in [2.24, 2.45) is 0 Å². The van der Waals surface area contributed by atoms with Crippen molar-refractivity contribution in [2.45, 2.75) is 26.4 Å². The standard InChI is InChI=1S/C18H20FN3O5S/c1-18(2,3)27-17(26)21-15-13(16(24)25)20-14(28-15)11-9-10(5-6-12(11)19)22(4)7-8-23/h5-6,8-9H,7H2,1-4H3,(H,21,26)(H,24,25). The molecule has 2 aromatic rings. The van der Waals surface area contributed by atoms with Crippen LogP contribution in [-0.4, -0.2) is 47.6 Å². The molecule has 10 heteroatoms. The Morgan fingerprint density at radius 3 is 2.64 bits per heavy atom. The number of rotatable bonds is 6. The minimum absolute atomic E-state index is 0.0555. The summed E-state index contributed by atoms with van der Waals surface area (Å²) in [5.41, 5.74) is -0.584. The minimum atomic E-state index is -1.37. The fraction of sp³-hybridized carbons (Fsp3) is 0.333. The molecule has 1 amide bonds. The first kappa shape index (κ1) is 21.3. The average Bonchev–Trinajstić information content (AvgIpc) is 2.97. The van der Waals surface area contributed by atoms with E-state index in [0.29, 0.717) is 12.0 Å². The van der Waals surface area contributed by atoms with Crippen LogP contribution in [0.25, 0.3) is 10.6 Å². The van der Waals surface area contributed by atoms with E-state index in [9.17, 15) is 23.9 Å². The summed E-state index contributed by atoms with van der Waals surface area (Å²) >= 11 is 0.811. The molecule has 8 nitrogen and oxygen atoms in total. The third-order valence-electron chi connectivity index (χ3n) is 3.41. The lowest BCUT2D eigenvalue weighted by molar-refractivity contribution is -0.106. The highest BCUT2D eigenvalue weighted by molar-refractivity contribution is 7.19. The number of hydrogen-bond acceptors (Lipinski definition) is 7. The molecule has 0 aliphatic heterocycles. The summed E-state index contributed by atoms with van der Waals surface area (Å²) in [5, 5.41) is 11.7. The maximum absolute atomic E-state index is 14.4. The lowest BCUT2D eigenvalue weighted by Crippen LogP contribution is -2.27. The SMILES string of the molecule is CN(CC=O)c1ccc(F)c(-c2nc(C(=O)O)c(NC(=O)OC(C)(C)C)s2)c1. The van der Waals surface area contributed by atoms with E-state index in [1.807, 2.05) is 0 Å². The fourth-order valence-corrected chi connectivity index (χ4v) is 3.15. The number of ether oxygens (including phenoxy) is 1. The number of thiazole rings is 1. The van der Waals surface area contributed by atoms with Crippen molar-refractivity contribution in [3.05, 3.63) is 29.7 Å². The number of aromatic nitrogens is 1. The van der Waals surface area contributed by atoms with Crippen LogP contribution in [0.2, 0.25) is 0 Å². The van der Waals surface area contributed by atoms with Gasteiger partial charge in [0.1, 0.15) is 27.7 Å². The Labute approximate surface area is 165 Å². The molecule has 0 bridgehead atoms. The number of nitrogens with zero attached hydrogens (tertiary/aromatic N) is 2. The zero-order valence-corrected chi connectivity index (χ0v) is 16.6. The zero-order chi connectivity index (χ0) is 21.1. The Kier molecular flexibility index (Phi) is 6.34. The molecule has 1 aromatic carbocycles. The summed E-state index contributed by atoms with van der Waals surface area (Å²) in [5.74, 6) is -1.99. The number of benzene rings is 1. The van der Waals surface area contributed by atoms with Crippen LogP contribution in [0.5, 0.6) is 0 Å². The number of aromatic carboxylic acids is 1. The molecule has 2 N–H and O–H groups in total. The van der Waals surface area contributed by atoms with Crippen LogP contribution >= 0.6 is 11.3 Å². The van der Waals surface area contributed by atoms with E-state index in [0.717, 1.165) is 11.3 Å². The topological polar surface area (TPSA) is 109 Å². The van der Waals surface area contributed by atoms with Gasteiger partial charge in [0.15, 0.2) is 5.69 Å². The monoisotopic (exact) mass is 409 g/mol. The second-order valence-electron chi connectivity index (χ2n) is 6.84. The molecule has 0 atom stereocenters. The van der Waals surface area contributed by atoms with Crippen LogP contribution in [-0.2, 0) is 9.53 Å². The van der Waals surface area contributed by atoms with Crippen LogP contribution in [0.3, 0.4) is 0 Å². The molecule has 0 aliphatic rings. The number of halogens is 1. The first-order valence-electron chi connectivity index (χ1n) is 8.20. The molecule has 0 saturated carbocycles. The highest BCUT2D eigenvalue weighted by Crippen LogP contribution is 2.35. The molecule has 0 fully saturated rings. The summed E-state index contributed by atoms with van der Waals surface area (Å²) < 4.78 is 19.5. The number of amides is 1. The average molecular weight is 409 g/mol. The lowest BCUT2D eigenvalue weighted by Gasteiger charge is -2.19. The Balaban J connectivity index is 2.42. The van der Waals surface area contributed by atoms with E-state index in [1.165, 1.54) is 18.2 Å². The summed E-state index contributed by atoms with van der Waals surface area (Å²) in [6, 6.07) is 4.16. The fourth-order valence-electron chi connectivity index (χ4n) is 2.19. The molecule has 0 unspecified atom stereocenters. The predicted molar refractivity (Wildman–Crippen MR) is 104 cm³/mol. The first-order valence-corrected chi connectivity index (χ1v) is 9.02. The Hall–Kier alpha value is -3.01. The van der Waals surface area contributed by atoms with Gasteiger partial charge in [0, 0.05) is 18.3 Å². The Bertz CT molecular complexity index is 907. The van der Waals surface area contributed by atoms with Crippen molar-refractivity contribution in [3.63, 3.8) is 0 Å². The number of anilines is 2. The largest absolute Gasteiger partial charge is 0.476 e. The van der Waals surface area contributed by atoms with E-state index < -0.39 is 29.2 Å². The van der Waals surface area contributed by atoms with Gasteiger partial charge in [-0.15, -0.1) is 0 Å². The Morgan fingerprint density at radius 2 is 2.07 bits per heavy atom. The zero-order valence-electron chi connectivity index (χ0n) is 15.8. The van der Waals surface area contributed by atoms with Crippen molar-refractivity contribution in [1.82, 2.24) is 4.98 Å². The third-order valence-corrected chi connectivity index (χ3v) is 4.42. The maximum Gasteiger partial charge on any atom is 0.412 e. The van der Waals surface area contributed by atoms with Gasteiger partial charge in [0.25, 0.3) is 0 Å². The van der Waals surface area contributed by atoms with Gasteiger partial charge in [-0.05, 0) is 39.0 Å². The van der Waals surface area contributed by atoms with Crippen LogP contribution < -0.4 is 10.2 Å². The van der Waals surface area contributed by atoms with Crippen molar-refractivity contribution in [3.8, 4) is 10.6 Å². The van der Waals surface area contributed by atoms with E-state index in [2.05, 4.69) is 10.3 Å². The van der Waals surface area contributed by atoms with Crippen molar-refractivity contribution in [1.29, 1.82) is 0 Å². The first-order chi connectivity index (χ1) is 13.0. The van der Waals surface area contributed by atoms with Gasteiger partial charge >= 0.3 is 12.1 Å². The van der Waals surface area contributed by atoms with Gasteiger partial charge in [-0.3, -0.25) is 5.32 Å². The predicted octanol–water partition coefficient (Wildman–Crippen LogP) is 3.63. The highest BCUT2D eigenvalue weighted by Gasteiger charge is 2.24. The number of hydrogen-bond donors (Lipinski definition) is 2. The van der Waals surface area contributed by atoms with Gasteiger partial charge < -0.3 is 19.5 Å². The normalized spacial score (nSPS) is 11.0. The van der Waals surface area contributed by atoms with Crippen molar-refractivity contribution >= 4 is 40.4 Å². The smallest absolute Gasteiger partial charge is 0.412 e. The molecule has 2 rings (SSSR count). The summed E-state index contributed by atoms with van der Waals surface area (Å²) in [4.78, 5) is 39.7. The lowest BCUT2D eigenvalue weighted by atomic mass is 10.2. The summed E-state index contributed by atoms with van der Waals surface area (Å²) in [6.07, 6.45) is -0.136. The van der Waals surface area contributed by atoms with E-state index >= 15 is 0 Å². The molecule has 0 spiro atoms. The van der Waals surface area contributed by atoms with Crippen LogP contribution in [0.4, 0.5) is 19.9 Å². The third kappa shape index (κ3) is 5.26. The number of aldehydes is 1. The minimum Gasteiger partial charge on any atom is -0.476 e. The van der Waals surface area contributed by atoms with Crippen molar-refractivity contribution < 1.29 is 28.6 Å². The highest BCUT2D eigenvalue weighted by atomic mass is 32.1. The van der Waals surface area contributed by atoms with E-state index in [-0.39, 0.29) is 22.1 Å². The molecular formula is C18H20FN3O5S. The van der Waals surface area contributed by atoms with Gasteiger partial charge in [-0.2, -0.15) is 0 Å². The van der Waals surface area contributed by atoms with E-state index in [1.54, 1.807) is 32.7 Å². The molecule has 28 heavy (non-hydrogen) atoms. The number of carbonyl (C=O) groups excluding carboxylic acids is 2. The quantitative estimate of drug-likeness (QED) is 0.701. The number of nitrogens with one attached hydrogen (secondary N) is 1. The Morgan fingerprint density at radius 1 is 1.39 bits per heavy atom. The molecule has 1 heterocycles. The van der Waals surface area contributed by atoms with E-state index in [4.69, 9.17) is 4.74 Å². The number of likely N-dealkylation sites (N-methyl/N-ethyl adjacent to an activating group) is 1. The van der Waals surface area contributed by atoms with Gasteiger partial charge in [-0.1, -0.05) is 11.3 Å². The van der Waals surface area contributed by atoms with Crippen molar-refractivity contribution in [2.75, 3.05) is 23.8 Å². The van der Waals surface area contributed by atoms with Crippen LogP contribution in [0.15, 0.2) is 18.2 Å². The second kappa shape index (κ2) is 8.34. The van der Waals surface area contributed by atoms with Gasteiger partial charge in [0.2, 0.25) is 0 Å². The number of carboxylic acids is 1. The van der Waals surface area contributed by atoms with Gasteiger partial charge in [0.05, 0.1) is 6.54 Å².